The van der Waals surface area contributed by atoms with Crippen LogP contribution in [0.15, 0.2) is 23.8 Å². The van der Waals surface area contributed by atoms with Crippen molar-refractivity contribution < 1.29 is 9.53 Å². The van der Waals surface area contributed by atoms with Gasteiger partial charge in [0, 0.05) is 0 Å². The highest BCUT2D eigenvalue weighted by atomic mass is 16.5. The van der Waals surface area contributed by atoms with E-state index in [0.29, 0.717) is 5.57 Å². The number of nitrogens with zero attached hydrogens (tertiary/aromatic N) is 1. The molecule has 0 fully saturated rings. The van der Waals surface area contributed by atoms with Gasteiger partial charge in [-0.25, -0.2) is 4.79 Å². The minimum atomic E-state index is -1.23. The minimum absolute atomic E-state index is 0.224. The van der Waals surface area contributed by atoms with E-state index >= 15 is 0 Å². The molecule has 0 saturated heterocycles. The molecule has 1 unspecified atom stereocenters. The number of nitriles is 1. The third kappa shape index (κ3) is 3.54. The van der Waals surface area contributed by atoms with E-state index in [-0.39, 0.29) is 6.10 Å². The lowest BCUT2D eigenvalue weighted by Gasteiger charge is -2.22. The predicted octanol–water partition coefficient (Wildman–Crippen LogP) is 2.99. The van der Waals surface area contributed by atoms with Crippen LogP contribution in [-0.4, -0.2) is 12.1 Å². The first-order chi connectivity index (χ1) is 7.24. The summed E-state index contributed by atoms with van der Waals surface area (Å²) in [5.74, 6) is -0.514. The Morgan fingerprint density at radius 3 is 2.31 bits per heavy atom. The molecule has 0 aromatic rings. The van der Waals surface area contributed by atoms with E-state index in [1.165, 1.54) is 0 Å². The predicted molar refractivity (Wildman–Crippen MR) is 63.5 cm³/mol. The summed E-state index contributed by atoms with van der Waals surface area (Å²) in [6, 6.07) is 2.00. The molecule has 0 saturated carbocycles. The third-order valence-corrected chi connectivity index (χ3v) is 2.23. The normalized spacial score (nSPS) is 15.2. The Morgan fingerprint density at radius 1 is 1.50 bits per heavy atom. The van der Waals surface area contributed by atoms with Gasteiger partial charge in [-0.2, -0.15) is 5.26 Å². The first kappa shape index (κ1) is 14.4. The highest BCUT2D eigenvalue weighted by Gasteiger charge is 2.37. The SMILES string of the molecule is C=C(C)/C=C(/C)C(C)(C#N)C(=O)OC(C)C. The quantitative estimate of drug-likeness (QED) is 0.541. The van der Waals surface area contributed by atoms with Crippen LogP contribution in [0.25, 0.3) is 0 Å². The van der Waals surface area contributed by atoms with Gasteiger partial charge >= 0.3 is 5.97 Å². The molecule has 0 aromatic carbocycles. The van der Waals surface area contributed by atoms with E-state index < -0.39 is 11.4 Å². The maximum absolute atomic E-state index is 11.8. The van der Waals surface area contributed by atoms with Crippen molar-refractivity contribution in [1.82, 2.24) is 0 Å². The first-order valence-corrected chi connectivity index (χ1v) is 5.20. The highest BCUT2D eigenvalue weighted by molar-refractivity contribution is 5.83. The van der Waals surface area contributed by atoms with Gasteiger partial charge in [0.05, 0.1) is 12.2 Å². The number of hydrogen-bond donors (Lipinski definition) is 0. The molecule has 3 nitrogen and oxygen atoms in total. The molecule has 0 spiro atoms. The van der Waals surface area contributed by atoms with Gasteiger partial charge in [-0.05, 0) is 40.2 Å². The number of esters is 1. The molecule has 88 valence electrons. The molecule has 0 aromatic heterocycles. The van der Waals surface area contributed by atoms with Crippen molar-refractivity contribution in [1.29, 1.82) is 5.26 Å². The van der Waals surface area contributed by atoms with Gasteiger partial charge in [-0.1, -0.05) is 18.2 Å². The van der Waals surface area contributed by atoms with Crippen molar-refractivity contribution in [2.24, 2.45) is 5.41 Å². The lowest BCUT2D eigenvalue weighted by molar-refractivity contribution is -0.153. The average Bonchev–Trinajstić information content (AvgIpc) is 2.14. The average molecular weight is 221 g/mol. The molecule has 0 amide bonds. The first-order valence-electron chi connectivity index (χ1n) is 5.20. The van der Waals surface area contributed by atoms with E-state index in [4.69, 9.17) is 10.00 Å². The monoisotopic (exact) mass is 221 g/mol. The molecule has 3 heteroatoms. The fourth-order valence-electron chi connectivity index (χ4n) is 1.14. The molecule has 16 heavy (non-hydrogen) atoms. The Morgan fingerprint density at radius 2 is 2.00 bits per heavy atom. The topological polar surface area (TPSA) is 50.1 Å². The number of carbonyl (C=O) groups excluding carboxylic acids is 1. The van der Waals surface area contributed by atoms with E-state index in [1.54, 1.807) is 33.8 Å². The smallest absolute Gasteiger partial charge is 0.330 e. The number of hydrogen-bond acceptors (Lipinski definition) is 3. The number of carbonyl (C=O) groups is 1. The second-order valence-corrected chi connectivity index (χ2v) is 4.36. The zero-order valence-electron chi connectivity index (χ0n) is 10.6. The lowest BCUT2D eigenvalue weighted by Crippen LogP contribution is -2.31. The molecular weight excluding hydrogens is 202 g/mol. The number of ether oxygens (including phenoxy) is 1. The molecule has 0 rings (SSSR count). The molecular formula is C13H19NO2. The highest BCUT2D eigenvalue weighted by Crippen LogP contribution is 2.28. The Balaban J connectivity index is 5.15. The van der Waals surface area contributed by atoms with Crippen molar-refractivity contribution in [2.45, 2.75) is 40.7 Å². The fraction of sp³-hybridized carbons (Fsp3) is 0.538. The maximum Gasteiger partial charge on any atom is 0.330 e. The summed E-state index contributed by atoms with van der Waals surface area (Å²) in [5, 5.41) is 9.13. The van der Waals surface area contributed by atoms with Crippen LogP contribution in [0.2, 0.25) is 0 Å². The van der Waals surface area contributed by atoms with Crippen molar-refractivity contribution in [3.63, 3.8) is 0 Å². The van der Waals surface area contributed by atoms with Crippen LogP contribution in [0.5, 0.6) is 0 Å². The summed E-state index contributed by atoms with van der Waals surface area (Å²) in [7, 11) is 0. The van der Waals surface area contributed by atoms with Gasteiger partial charge in [-0.15, -0.1) is 0 Å². The van der Waals surface area contributed by atoms with Gasteiger partial charge in [0.2, 0.25) is 0 Å². The molecule has 0 N–H and O–H groups in total. The Labute approximate surface area is 97.4 Å². The second-order valence-electron chi connectivity index (χ2n) is 4.36. The van der Waals surface area contributed by atoms with Gasteiger partial charge in [-0.3, -0.25) is 0 Å². The summed E-state index contributed by atoms with van der Waals surface area (Å²) in [5.41, 5.74) is 0.216. The van der Waals surface area contributed by atoms with Crippen LogP contribution in [0.3, 0.4) is 0 Å². The molecule has 0 aliphatic carbocycles. The number of rotatable bonds is 4. The van der Waals surface area contributed by atoms with Gasteiger partial charge in [0.15, 0.2) is 5.41 Å². The molecule has 0 heterocycles. The van der Waals surface area contributed by atoms with Gasteiger partial charge < -0.3 is 4.74 Å². The van der Waals surface area contributed by atoms with Crippen LogP contribution in [0.4, 0.5) is 0 Å². The second kappa shape index (κ2) is 5.50. The Bertz CT molecular complexity index is 361. The fourth-order valence-corrected chi connectivity index (χ4v) is 1.14. The van der Waals surface area contributed by atoms with E-state index in [2.05, 4.69) is 6.58 Å². The Hall–Kier alpha value is -1.56. The summed E-state index contributed by atoms with van der Waals surface area (Å²) in [4.78, 5) is 11.8. The van der Waals surface area contributed by atoms with E-state index in [9.17, 15) is 4.79 Å². The zero-order chi connectivity index (χ0) is 12.9. The molecule has 0 aliphatic rings. The van der Waals surface area contributed by atoms with Crippen LogP contribution >= 0.6 is 0 Å². The Kier molecular flexibility index (Phi) is 4.97. The molecule has 1 atom stereocenters. The van der Waals surface area contributed by atoms with Crippen molar-refractivity contribution in [2.75, 3.05) is 0 Å². The standard InChI is InChI=1S/C13H19NO2/c1-9(2)7-11(5)13(6,8-14)12(15)16-10(3)4/h7,10H,1H2,2-6H3/b11-7-. The summed E-state index contributed by atoms with van der Waals surface area (Å²) in [6.07, 6.45) is 1.50. The summed E-state index contributed by atoms with van der Waals surface area (Å²) < 4.78 is 5.08. The van der Waals surface area contributed by atoms with Gasteiger partial charge in [0.1, 0.15) is 0 Å². The summed E-state index contributed by atoms with van der Waals surface area (Å²) >= 11 is 0. The summed E-state index contributed by atoms with van der Waals surface area (Å²) in [6.45, 7) is 12.4. The van der Waals surface area contributed by atoms with Gasteiger partial charge in [0.25, 0.3) is 0 Å². The minimum Gasteiger partial charge on any atom is -0.462 e. The van der Waals surface area contributed by atoms with Crippen LogP contribution in [-0.2, 0) is 9.53 Å². The molecule has 0 radical (unpaired) electrons. The van der Waals surface area contributed by atoms with Crippen LogP contribution in [0.1, 0.15) is 34.6 Å². The number of allylic oxidation sites excluding steroid dienone is 2. The lowest BCUT2D eigenvalue weighted by atomic mass is 9.83. The van der Waals surface area contributed by atoms with E-state index in [0.717, 1.165) is 5.57 Å². The van der Waals surface area contributed by atoms with Crippen molar-refractivity contribution >= 4 is 5.97 Å². The van der Waals surface area contributed by atoms with Crippen molar-refractivity contribution in [3.8, 4) is 6.07 Å². The van der Waals surface area contributed by atoms with Crippen LogP contribution < -0.4 is 0 Å². The van der Waals surface area contributed by atoms with E-state index in [1.807, 2.05) is 13.0 Å². The molecule has 0 aliphatic heterocycles. The maximum atomic E-state index is 11.8. The third-order valence-electron chi connectivity index (χ3n) is 2.23. The molecule has 0 bridgehead atoms. The zero-order valence-corrected chi connectivity index (χ0v) is 10.6. The van der Waals surface area contributed by atoms with Crippen LogP contribution in [0, 0.1) is 16.7 Å². The largest absolute Gasteiger partial charge is 0.462 e. The van der Waals surface area contributed by atoms with Crippen molar-refractivity contribution in [3.05, 3.63) is 23.8 Å².